The summed E-state index contributed by atoms with van der Waals surface area (Å²) < 4.78 is 4.93. The van der Waals surface area contributed by atoms with Crippen molar-refractivity contribution in [1.29, 1.82) is 0 Å². The molecule has 0 fully saturated rings. The fourth-order valence-corrected chi connectivity index (χ4v) is 2.02. The zero-order valence-electron chi connectivity index (χ0n) is 12.5. The van der Waals surface area contributed by atoms with Crippen LogP contribution < -0.4 is 10.7 Å². The van der Waals surface area contributed by atoms with Crippen LogP contribution in [0.5, 0.6) is 0 Å². The van der Waals surface area contributed by atoms with Gasteiger partial charge in [-0.1, -0.05) is 54.6 Å². The van der Waals surface area contributed by atoms with E-state index in [9.17, 15) is 0 Å². The first kappa shape index (κ1) is 16.1. The maximum atomic E-state index is 5.08. The highest BCUT2D eigenvalue weighted by molar-refractivity contribution is 7.80. The van der Waals surface area contributed by atoms with Crippen molar-refractivity contribution in [1.82, 2.24) is 10.7 Å². The second-order valence-electron chi connectivity index (χ2n) is 4.61. The molecule has 0 atom stereocenters. The molecule has 4 nitrogen and oxygen atoms in total. The lowest BCUT2D eigenvalue weighted by molar-refractivity contribution is 0.204. The minimum atomic E-state index is 0.481. The molecular weight excluding hydrogens is 294 g/mol. The molecule has 0 aromatic heterocycles. The third kappa shape index (κ3) is 5.27. The molecule has 0 saturated heterocycles. The zero-order chi connectivity index (χ0) is 15.6. The Kier molecular flexibility index (Phi) is 6.54. The van der Waals surface area contributed by atoms with E-state index in [4.69, 9.17) is 17.0 Å². The van der Waals surface area contributed by atoms with Gasteiger partial charge in [0.15, 0.2) is 5.11 Å². The normalized spacial score (nSPS) is 10.6. The first-order chi connectivity index (χ1) is 10.8. The molecule has 2 N–H and O–H groups in total. The zero-order valence-corrected chi connectivity index (χ0v) is 13.3. The second kappa shape index (κ2) is 8.92. The van der Waals surface area contributed by atoms with Crippen molar-refractivity contribution in [2.45, 2.75) is 0 Å². The lowest BCUT2D eigenvalue weighted by Gasteiger charge is -2.05. The number of hydrogen-bond acceptors (Lipinski definition) is 3. The summed E-state index contributed by atoms with van der Waals surface area (Å²) in [6.07, 6.45) is 1.74. The minimum absolute atomic E-state index is 0.481. The van der Waals surface area contributed by atoms with E-state index in [0.29, 0.717) is 18.3 Å². The molecule has 0 bridgehead atoms. The fourth-order valence-electron chi connectivity index (χ4n) is 1.86. The molecule has 114 valence electrons. The number of benzene rings is 2. The predicted octanol–water partition coefficient (Wildman–Crippen LogP) is 2.80. The number of thiocarbonyl (C=S) groups is 1. The molecule has 0 aliphatic rings. The van der Waals surface area contributed by atoms with Crippen LogP contribution in [-0.2, 0) is 4.74 Å². The van der Waals surface area contributed by atoms with E-state index in [0.717, 1.165) is 5.56 Å². The van der Waals surface area contributed by atoms with Crippen LogP contribution in [0, 0.1) is 0 Å². The molecular formula is C17H19N3OS. The molecule has 0 aliphatic heterocycles. The van der Waals surface area contributed by atoms with Crippen LogP contribution in [0.1, 0.15) is 5.56 Å². The lowest BCUT2D eigenvalue weighted by atomic mass is 10.0. The van der Waals surface area contributed by atoms with Crippen molar-refractivity contribution >= 4 is 23.5 Å². The van der Waals surface area contributed by atoms with E-state index >= 15 is 0 Å². The first-order valence-electron chi connectivity index (χ1n) is 7.01. The van der Waals surface area contributed by atoms with Gasteiger partial charge in [0.2, 0.25) is 0 Å². The van der Waals surface area contributed by atoms with Gasteiger partial charge in [-0.2, -0.15) is 5.10 Å². The van der Waals surface area contributed by atoms with E-state index in [1.54, 1.807) is 13.3 Å². The Hall–Kier alpha value is -2.24. The lowest BCUT2D eigenvalue weighted by Crippen LogP contribution is -2.34. The maximum Gasteiger partial charge on any atom is 0.187 e. The van der Waals surface area contributed by atoms with Crippen molar-refractivity contribution < 1.29 is 4.74 Å². The molecule has 22 heavy (non-hydrogen) atoms. The Morgan fingerprint density at radius 3 is 2.45 bits per heavy atom. The summed E-state index contributed by atoms with van der Waals surface area (Å²) >= 11 is 5.08. The highest BCUT2D eigenvalue weighted by atomic mass is 32.1. The molecule has 0 spiro atoms. The molecule has 0 unspecified atom stereocenters. The highest BCUT2D eigenvalue weighted by Gasteiger charge is 1.96. The SMILES string of the molecule is COCCNC(=S)N/N=C/c1ccc(-c2ccccc2)cc1. The van der Waals surface area contributed by atoms with E-state index in [1.165, 1.54) is 11.1 Å². The maximum absolute atomic E-state index is 5.08. The summed E-state index contributed by atoms with van der Waals surface area (Å²) in [6, 6.07) is 18.5. The van der Waals surface area contributed by atoms with E-state index < -0.39 is 0 Å². The van der Waals surface area contributed by atoms with Crippen LogP contribution in [0.25, 0.3) is 11.1 Å². The van der Waals surface area contributed by atoms with Gasteiger partial charge >= 0.3 is 0 Å². The van der Waals surface area contributed by atoms with Crippen molar-refractivity contribution in [3.05, 3.63) is 60.2 Å². The summed E-state index contributed by atoms with van der Waals surface area (Å²) in [5.74, 6) is 0. The summed E-state index contributed by atoms with van der Waals surface area (Å²) in [5.41, 5.74) is 6.16. The molecule has 0 saturated carbocycles. The number of nitrogens with one attached hydrogen (secondary N) is 2. The predicted molar refractivity (Wildman–Crippen MR) is 95.1 cm³/mol. The van der Waals surface area contributed by atoms with Gasteiger partial charge in [0.05, 0.1) is 12.8 Å². The van der Waals surface area contributed by atoms with Crippen LogP contribution in [-0.4, -0.2) is 31.6 Å². The third-order valence-electron chi connectivity index (χ3n) is 2.99. The van der Waals surface area contributed by atoms with Gasteiger partial charge in [-0.05, 0) is 28.9 Å². The smallest absolute Gasteiger partial charge is 0.187 e. The second-order valence-corrected chi connectivity index (χ2v) is 5.01. The molecule has 2 rings (SSSR count). The van der Waals surface area contributed by atoms with E-state index in [-0.39, 0.29) is 0 Å². The number of hydrazone groups is 1. The summed E-state index contributed by atoms with van der Waals surface area (Å²) in [4.78, 5) is 0. The number of rotatable bonds is 6. The van der Waals surface area contributed by atoms with Crippen molar-refractivity contribution in [2.24, 2.45) is 5.10 Å². The highest BCUT2D eigenvalue weighted by Crippen LogP contribution is 2.18. The first-order valence-corrected chi connectivity index (χ1v) is 7.42. The molecule has 2 aromatic carbocycles. The van der Waals surface area contributed by atoms with Crippen LogP contribution in [0.2, 0.25) is 0 Å². The Labute approximate surface area is 136 Å². The Morgan fingerprint density at radius 1 is 1.09 bits per heavy atom. The monoisotopic (exact) mass is 313 g/mol. The van der Waals surface area contributed by atoms with Gasteiger partial charge in [-0.15, -0.1) is 0 Å². The topological polar surface area (TPSA) is 45.6 Å². The number of hydrogen-bond donors (Lipinski definition) is 2. The Balaban J connectivity index is 1.86. The van der Waals surface area contributed by atoms with Gasteiger partial charge < -0.3 is 10.1 Å². The average molecular weight is 313 g/mol. The largest absolute Gasteiger partial charge is 0.383 e. The van der Waals surface area contributed by atoms with Crippen molar-refractivity contribution in [2.75, 3.05) is 20.3 Å². The van der Waals surface area contributed by atoms with Gasteiger partial charge in [-0.3, -0.25) is 5.43 Å². The minimum Gasteiger partial charge on any atom is -0.383 e. The third-order valence-corrected chi connectivity index (χ3v) is 3.22. The molecule has 5 heteroatoms. The molecule has 0 amide bonds. The van der Waals surface area contributed by atoms with Crippen LogP contribution in [0.4, 0.5) is 0 Å². The van der Waals surface area contributed by atoms with Gasteiger partial charge in [0.25, 0.3) is 0 Å². The van der Waals surface area contributed by atoms with Crippen molar-refractivity contribution in [3.8, 4) is 11.1 Å². The van der Waals surface area contributed by atoms with Crippen LogP contribution in [0.15, 0.2) is 59.7 Å². The molecule has 0 radical (unpaired) electrons. The summed E-state index contributed by atoms with van der Waals surface area (Å²) in [7, 11) is 1.65. The van der Waals surface area contributed by atoms with Crippen LogP contribution in [0.3, 0.4) is 0 Å². The quantitative estimate of drug-likeness (QED) is 0.373. The van der Waals surface area contributed by atoms with Gasteiger partial charge in [0.1, 0.15) is 0 Å². The van der Waals surface area contributed by atoms with Gasteiger partial charge in [0, 0.05) is 13.7 Å². The number of ether oxygens (including phenoxy) is 1. The fraction of sp³-hybridized carbons (Fsp3) is 0.176. The summed E-state index contributed by atoms with van der Waals surface area (Å²) in [5, 5.41) is 7.57. The number of methoxy groups -OCH3 is 1. The standard InChI is InChI=1S/C17H19N3OS/c1-21-12-11-18-17(22)20-19-13-14-7-9-16(10-8-14)15-5-3-2-4-6-15/h2-10,13H,11-12H2,1H3,(H2,18,20,22)/b19-13+. The molecule has 0 heterocycles. The van der Waals surface area contributed by atoms with E-state index in [1.807, 2.05) is 30.3 Å². The number of nitrogens with zero attached hydrogens (tertiary/aromatic N) is 1. The summed E-state index contributed by atoms with van der Waals surface area (Å²) in [6.45, 7) is 1.26. The van der Waals surface area contributed by atoms with Gasteiger partial charge in [-0.25, -0.2) is 0 Å². The Bertz CT molecular complexity index is 612. The van der Waals surface area contributed by atoms with E-state index in [2.05, 4.69) is 40.1 Å². The van der Waals surface area contributed by atoms with Crippen LogP contribution >= 0.6 is 12.2 Å². The van der Waals surface area contributed by atoms with Crippen molar-refractivity contribution in [3.63, 3.8) is 0 Å². The molecule has 0 aliphatic carbocycles. The Morgan fingerprint density at radius 2 is 1.77 bits per heavy atom. The average Bonchev–Trinajstić information content (AvgIpc) is 2.57. The molecule has 2 aromatic rings.